The van der Waals surface area contributed by atoms with Crippen molar-refractivity contribution in [2.24, 2.45) is 0 Å². The second kappa shape index (κ2) is 6.52. The molecule has 0 unspecified atom stereocenters. The Bertz CT molecular complexity index is 1100. The van der Waals surface area contributed by atoms with Crippen LogP contribution in [0.3, 0.4) is 0 Å². The maximum atomic E-state index is 13.5. The Balaban J connectivity index is 1.62. The van der Waals surface area contributed by atoms with E-state index in [0.29, 0.717) is 12.2 Å². The summed E-state index contributed by atoms with van der Waals surface area (Å²) in [5.74, 6) is -0.0147. The van der Waals surface area contributed by atoms with Gasteiger partial charge in [0.15, 0.2) is 0 Å². The zero-order chi connectivity index (χ0) is 18.2. The van der Waals surface area contributed by atoms with Crippen molar-refractivity contribution in [2.45, 2.75) is 6.42 Å². The second-order valence-corrected chi connectivity index (χ2v) is 7.42. The van der Waals surface area contributed by atoms with Gasteiger partial charge >= 0.3 is 0 Å². The number of anilines is 1. The Morgan fingerprint density at radius 3 is 2.59 bits per heavy atom. The molecule has 1 amide bonds. The molecule has 3 heterocycles. The molecule has 4 nitrogen and oxygen atoms in total. The van der Waals surface area contributed by atoms with E-state index in [0.717, 1.165) is 28.4 Å². The summed E-state index contributed by atoms with van der Waals surface area (Å²) in [5, 5.41) is 6.77. The first-order valence-corrected chi connectivity index (χ1v) is 9.78. The largest absolute Gasteiger partial charge is 0.306 e. The van der Waals surface area contributed by atoms with E-state index >= 15 is 0 Å². The van der Waals surface area contributed by atoms with Gasteiger partial charge in [-0.25, -0.2) is 4.68 Å². The lowest BCUT2D eigenvalue weighted by molar-refractivity contribution is 0.0982. The van der Waals surface area contributed by atoms with E-state index in [4.69, 9.17) is 5.10 Å². The van der Waals surface area contributed by atoms with Crippen LogP contribution >= 0.6 is 11.3 Å². The number of thiophene rings is 1. The number of benzene rings is 2. The quantitative estimate of drug-likeness (QED) is 0.519. The summed E-state index contributed by atoms with van der Waals surface area (Å²) in [6.45, 7) is 0.701. The minimum absolute atomic E-state index is 0.0147. The molecular weight excluding hydrogens is 354 g/mol. The molecular formula is C22H17N3OS. The first-order valence-electron chi connectivity index (χ1n) is 8.90. The van der Waals surface area contributed by atoms with E-state index in [9.17, 15) is 4.79 Å². The van der Waals surface area contributed by atoms with Crippen LogP contribution in [0, 0.1) is 0 Å². The molecule has 2 aromatic heterocycles. The predicted molar refractivity (Wildman–Crippen MR) is 109 cm³/mol. The fourth-order valence-corrected chi connectivity index (χ4v) is 4.21. The summed E-state index contributed by atoms with van der Waals surface area (Å²) in [5.41, 5.74) is 4.51. The number of hydrogen-bond donors (Lipinski definition) is 0. The number of fused-ring (bicyclic) bond motifs is 1. The van der Waals surface area contributed by atoms with Crippen molar-refractivity contribution in [3.05, 3.63) is 89.4 Å². The lowest BCUT2D eigenvalue weighted by Crippen LogP contribution is -2.30. The minimum Gasteiger partial charge on any atom is -0.306 e. The fourth-order valence-electron chi connectivity index (χ4n) is 3.53. The number of hydrogen-bond acceptors (Lipinski definition) is 3. The Hall–Kier alpha value is -3.18. The highest BCUT2D eigenvalue weighted by atomic mass is 32.1. The molecule has 1 aliphatic heterocycles. The molecule has 5 heteroatoms. The molecule has 0 radical (unpaired) electrons. The van der Waals surface area contributed by atoms with Crippen molar-refractivity contribution in [2.75, 3.05) is 11.4 Å². The zero-order valence-corrected chi connectivity index (χ0v) is 15.4. The van der Waals surface area contributed by atoms with Gasteiger partial charge in [0.2, 0.25) is 0 Å². The monoisotopic (exact) mass is 371 g/mol. The fraction of sp³-hybridized carbons (Fsp3) is 0.0909. The van der Waals surface area contributed by atoms with Crippen molar-refractivity contribution in [3.8, 4) is 16.3 Å². The number of aromatic nitrogens is 2. The van der Waals surface area contributed by atoms with E-state index in [1.807, 2.05) is 77.0 Å². The van der Waals surface area contributed by atoms with Crippen molar-refractivity contribution >= 4 is 22.9 Å². The van der Waals surface area contributed by atoms with Gasteiger partial charge in [-0.1, -0.05) is 42.5 Å². The number of carbonyl (C=O) groups excluding carboxylic acids is 1. The Morgan fingerprint density at radius 1 is 0.963 bits per heavy atom. The topological polar surface area (TPSA) is 38.1 Å². The average molecular weight is 371 g/mol. The molecule has 0 atom stereocenters. The van der Waals surface area contributed by atoms with Gasteiger partial charge in [0, 0.05) is 12.2 Å². The van der Waals surface area contributed by atoms with E-state index in [1.165, 1.54) is 5.56 Å². The van der Waals surface area contributed by atoms with Crippen LogP contribution in [-0.4, -0.2) is 22.2 Å². The van der Waals surface area contributed by atoms with Gasteiger partial charge < -0.3 is 4.90 Å². The molecule has 5 rings (SSSR count). The van der Waals surface area contributed by atoms with Crippen LogP contribution in [0.2, 0.25) is 0 Å². The number of nitrogens with zero attached hydrogens (tertiary/aromatic N) is 3. The smallest absolute Gasteiger partial charge is 0.277 e. The van der Waals surface area contributed by atoms with E-state index in [2.05, 4.69) is 6.07 Å². The van der Waals surface area contributed by atoms with E-state index in [1.54, 1.807) is 16.0 Å². The maximum absolute atomic E-state index is 13.5. The summed E-state index contributed by atoms with van der Waals surface area (Å²) >= 11 is 1.63. The van der Waals surface area contributed by atoms with Gasteiger partial charge in [-0.3, -0.25) is 4.79 Å². The van der Waals surface area contributed by atoms with Crippen molar-refractivity contribution in [1.82, 2.24) is 9.78 Å². The van der Waals surface area contributed by atoms with Gasteiger partial charge in [-0.2, -0.15) is 5.10 Å². The summed E-state index contributed by atoms with van der Waals surface area (Å²) in [6.07, 6.45) is 0.888. The number of para-hydroxylation sites is 2. The highest BCUT2D eigenvalue weighted by molar-refractivity contribution is 7.13. The summed E-state index contributed by atoms with van der Waals surface area (Å²) in [4.78, 5) is 16.4. The van der Waals surface area contributed by atoms with Crippen LogP contribution in [-0.2, 0) is 6.42 Å². The van der Waals surface area contributed by atoms with Crippen molar-refractivity contribution in [3.63, 3.8) is 0 Å². The van der Waals surface area contributed by atoms with Gasteiger partial charge in [-0.05, 0) is 47.7 Å². The Morgan fingerprint density at radius 2 is 1.78 bits per heavy atom. The normalized spacial score (nSPS) is 13.0. The molecule has 2 aromatic carbocycles. The van der Waals surface area contributed by atoms with Crippen LogP contribution < -0.4 is 4.90 Å². The van der Waals surface area contributed by atoms with Crippen molar-refractivity contribution in [1.29, 1.82) is 0 Å². The van der Waals surface area contributed by atoms with Crippen LogP contribution in [0.5, 0.6) is 0 Å². The molecule has 27 heavy (non-hydrogen) atoms. The number of amides is 1. The van der Waals surface area contributed by atoms with Gasteiger partial charge in [0.1, 0.15) is 11.4 Å². The maximum Gasteiger partial charge on any atom is 0.277 e. The SMILES string of the molecule is O=C(c1cc(-c2cccs2)nn1-c1ccccc1)N1CCc2ccccc21. The Kier molecular flexibility index (Phi) is 3.87. The average Bonchev–Trinajstić information content (AvgIpc) is 3.46. The third kappa shape index (κ3) is 2.76. The molecule has 4 aromatic rings. The van der Waals surface area contributed by atoms with E-state index in [-0.39, 0.29) is 5.91 Å². The minimum atomic E-state index is -0.0147. The molecule has 132 valence electrons. The Labute approximate surface area is 161 Å². The summed E-state index contributed by atoms with van der Waals surface area (Å²) in [7, 11) is 0. The summed E-state index contributed by atoms with van der Waals surface area (Å²) < 4.78 is 1.76. The van der Waals surface area contributed by atoms with Crippen LogP contribution in [0.1, 0.15) is 16.1 Å². The molecule has 0 N–H and O–H groups in total. The third-order valence-corrected chi connectivity index (χ3v) is 5.73. The van der Waals surface area contributed by atoms with E-state index < -0.39 is 0 Å². The predicted octanol–water partition coefficient (Wildman–Crippen LogP) is 4.80. The first kappa shape index (κ1) is 16.0. The van der Waals surface area contributed by atoms with Crippen LogP contribution in [0.15, 0.2) is 78.2 Å². The molecule has 0 spiro atoms. The molecule has 0 saturated heterocycles. The first-order chi connectivity index (χ1) is 13.3. The number of rotatable bonds is 3. The molecule has 0 saturated carbocycles. The van der Waals surface area contributed by atoms with Gasteiger partial charge in [-0.15, -0.1) is 11.3 Å². The molecule has 0 bridgehead atoms. The van der Waals surface area contributed by atoms with Gasteiger partial charge in [0.05, 0.1) is 10.6 Å². The third-order valence-electron chi connectivity index (χ3n) is 4.84. The lowest BCUT2D eigenvalue weighted by Gasteiger charge is -2.18. The van der Waals surface area contributed by atoms with Gasteiger partial charge in [0.25, 0.3) is 5.91 Å². The van der Waals surface area contributed by atoms with Crippen molar-refractivity contribution < 1.29 is 4.79 Å². The number of carbonyl (C=O) groups is 1. The highest BCUT2D eigenvalue weighted by Crippen LogP contribution is 2.31. The second-order valence-electron chi connectivity index (χ2n) is 6.47. The molecule has 1 aliphatic rings. The zero-order valence-electron chi connectivity index (χ0n) is 14.6. The molecule has 0 aliphatic carbocycles. The standard InChI is InChI=1S/C22H17N3OS/c26-22(24-13-12-16-7-4-5-10-19(16)24)20-15-18(21-11-6-14-27-21)23-25(20)17-8-2-1-3-9-17/h1-11,14-15H,12-13H2. The molecule has 0 fully saturated rings. The van der Waals surface area contributed by atoms with Crippen LogP contribution in [0.4, 0.5) is 5.69 Å². The lowest BCUT2D eigenvalue weighted by atomic mass is 10.2. The highest BCUT2D eigenvalue weighted by Gasteiger charge is 2.28. The summed E-state index contributed by atoms with van der Waals surface area (Å²) in [6, 6.07) is 23.9. The van der Waals surface area contributed by atoms with Crippen LogP contribution in [0.25, 0.3) is 16.3 Å².